The average Bonchev–Trinajstić information content (AvgIpc) is 1.65. The number of halogens is 2. The van der Waals surface area contributed by atoms with E-state index in [0.29, 0.717) is 43.8 Å². The molecule has 24 rings (SSSR count). The number of aromatic nitrogens is 4. The second-order valence-electron chi connectivity index (χ2n) is 35.3. The Morgan fingerprint density at radius 2 is 0.867 bits per heavy atom. The van der Waals surface area contributed by atoms with Crippen LogP contribution in [0, 0.1) is 41.5 Å². The molecule has 0 fully saturated rings. The molecule has 8 aliphatic rings. The lowest BCUT2D eigenvalue weighted by molar-refractivity contribution is -0.141. The van der Waals surface area contributed by atoms with Crippen LogP contribution in [-0.2, 0) is 63.9 Å². The van der Waals surface area contributed by atoms with E-state index in [-0.39, 0.29) is 72.6 Å². The van der Waals surface area contributed by atoms with Gasteiger partial charge in [0.25, 0.3) is 17.7 Å². The molecule has 8 aliphatic heterocycles. The van der Waals surface area contributed by atoms with E-state index in [1.54, 1.807) is 80.2 Å². The lowest BCUT2D eigenvalue weighted by atomic mass is 10.0. The van der Waals surface area contributed by atoms with Crippen LogP contribution in [0.2, 0.25) is 0 Å². The topological polar surface area (TPSA) is 255 Å². The third-order valence-electron chi connectivity index (χ3n) is 25.3. The highest BCUT2D eigenvalue weighted by molar-refractivity contribution is 9.09. The Balaban J connectivity index is 0.000000131. The van der Waals surface area contributed by atoms with E-state index in [9.17, 15) is 33.6 Å². The van der Waals surface area contributed by atoms with Crippen molar-refractivity contribution in [1.29, 1.82) is 0 Å². The monoisotopic (exact) mass is 2290 g/mol. The molecule has 0 saturated heterocycles. The van der Waals surface area contributed by atoms with Crippen LogP contribution in [0.1, 0.15) is 129 Å². The molecule has 0 aliphatic carbocycles. The Bertz CT molecular complexity index is 8090. The van der Waals surface area contributed by atoms with Gasteiger partial charge < -0.3 is 38.1 Å². The van der Waals surface area contributed by atoms with E-state index in [0.717, 1.165) is 116 Å². The number of pyridine rings is 2. The van der Waals surface area contributed by atoms with Crippen LogP contribution in [0.15, 0.2) is 324 Å². The van der Waals surface area contributed by atoms with Gasteiger partial charge in [0.2, 0.25) is 0 Å². The molecular weight excluding hydrogens is 2180 g/mol. The average molecular weight is 2290 g/mol. The van der Waals surface area contributed by atoms with Crippen LogP contribution in [0.3, 0.4) is 0 Å². The number of thiophene rings is 6. The van der Waals surface area contributed by atoms with Crippen LogP contribution >= 0.6 is 137 Å². The second kappa shape index (κ2) is 52.5. The number of alkyl halides is 1. The van der Waals surface area contributed by atoms with Crippen molar-refractivity contribution in [3.8, 4) is 0 Å². The lowest BCUT2D eigenvalue weighted by Gasteiger charge is -2.24. The minimum Gasteiger partial charge on any atom is -0.481 e. The van der Waals surface area contributed by atoms with E-state index in [4.69, 9.17) is 32.0 Å². The number of rotatable bonds is 23. The predicted octanol–water partition coefficient (Wildman–Crippen LogP) is 28.3. The van der Waals surface area contributed by atoms with Crippen molar-refractivity contribution in [2.24, 2.45) is 20.0 Å². The summed E-state index contributed by atoms with van der Waals surface area (Å²) in [6.45, 7) is 13.2. The molecule has 18 heterocycles. The number of benzene rings is 6. The molecule has 150 heavy (non-hydrogen) atoms. The van der Waals surface area contributed by atoms with Gasteiger partial charge in [-0.3, -0.25) is 38.5 Å². The Morgan fingerprint density at radius 3 is 1.35 bits per heavy atom. The van der Waals surface area contributed by atoms with Gasteiger partial charge in [-0.25, -0.2) is 15.0 Å². The molecule has 0 radical (unpaired) electrons. The molecule has 3 amide bonds. The zero-order valence-corrected chi connectivity index (χ0v) is 93.5. The minimum atomic E-state index is -0.744. The number of carboxylic acids is 1. The number of nitrogens with zero attached hydrogens (tertiary/aromatic N) is 12. The smallest absolute Gasteiger partial charge is 0.305 e. The molecule has 1 N–H and O–H groups in total. The number of aliphatic imine (C=N–C) groups is 4. The molecular formula is C117H110Br2N12O10S9. The van der Waals surface area contributed by atoms with Crippen molar-refractivity contribution < 1.29 is 48.1 Å². The number of allylic oxidation sites excluding steroid dienone is 8. The van der Waals surface area contributed by atoms with Crippen molar-refractivity contribution in [2.75, 3.05) is 37.6 Å². The molecule has 2 unspecified atom stereocenters. The summed E-state index contributed by atoms with van der Waals surface area (Å²) >= 11 is 22.5. The van der Waals surface area contributed by atoms with E-state index in [1.165, 1.54) is 136 Å². The number of hydrogen-bond donors (Lipinski definition) is 1. The summed E-state index contributed by atoms with van der Waals surface area (Å²) < 4.78 is 21.2. The van der Waals surface area contributed by atoms with E-state index < -0.39 is 5.97 Å². The fourth-order valence-corrected chi connectivity index (χ4v) is 26.8. The number of aldehydes is 1. The summed E-state index contributed by atoms with van der Waals surface area (Å²) in [7, 11) is 2.83. The Morgan fingerprint density at radius 1 is 0.460 bits per heavy atom. The number of ether oxygens (including phenoxy) is 2. The number of esters is 2. The number of aryl methyl sites for hydroxylation is 6. The largest absolute Gasteiger partial charge is 0.481 e. The van der Waals surface area contributed by atoms with Gasteiger partial charge >= 0.3 is 17.9 Å². The molecule has 16 aromatic rings. The fourth-order valence-electron chi connectivity index (χ4n) is 18.2. The summed E-state index contributed by atoms with van der Waals surface area (Å²) in [5.74, 6) is 3.42. The summed E-state index contributed by atoms with van der Waals surface area (Å²) in [5, 5.41) is 32.4. The molecule has 766 valence electrons. The Labute approximate surface area is 927 Å². The number of thiocarbonyl (C=S) groups is 1. The molecule has 0 spiro atoms. The van der Waals surface area contributed by atoms with E-state index in [2.05, 4.69) is 225 Å². The number of carbonyl (C=O) groups excluding carboxylic acids is 6. The first-order chi connectivity index (χ1) is 72.0. The van der Waals surface area contributed by atoms with Gasteiger partial charge in [-0.05, 0) is 286 Å². The zero-order valence-electron chi connectivity index (χ0n) is 82.9. The van der Waals surface area contributed by atoms with Gasteiger partial charge in [0.15, 0.2) is 6.29 Å². The number of amides is 3. The van der Waals surface area contributed by atoms with Crippen LogP contribution < -0.4 is 0 Å². The van der Waals surface area contributed by atoms with Gasteiger partial charge in [0, 0.05) is 149 Å². The quantitative estimate of drug-likeness (QED) is 0.0119. The molecule has 2 atom stereocenters. The van der Waals surface area contributed by atoms with Crippen molar-refractivity contribution >= 4 is 285 Å². The van der Waals surface area contributed by atoms with Crippen LogP contribution in [0.25, 0.3) is 77.9 Å². The third-order valence-corrected chi connectivity index (χ3v) is 34.3. The first-order valence-electron chi connectivity index (χ1n) is 48.1. The number of carbonyl (C=O) groups is 7. The first kappa shape index (κ1) is 111. The van der Waals surface area contributed by atoms with Crippen molar-refractivity contribution in [2.45, 2.75) is 135 Å². The van der Waals surface area contributed by atoms with Gasteiger partial charge in [0.1, 0.15) is 68.0 Å². The van der Waals surface area contributed by atoms with E-state index in [1.807, 2.05) is 191 Å². The van der Waals surface area contributed by atoms with E-state index >= 15 is 0 Å². The van der Waals surface area contributed by atoms with Crippen LogP contribution in [-0.4, -0.2) is 163 Å². The Hall–Kier alpha value is -13.2. The van der Waals surface area contributed by atoms with Crippen molar-refractivity contribution in [3.63, 3.8) is 0 Å². The SMILES string of the molecule is Br.C.COC(=O)CCCBr.COC(=O)CCCSc1nc2ccccn2c1Cc1csc2cccc(C)c12.Cc1cccc2scc(C=C3C(=O)N=C4C=CC=CN34)c12.Cc1cccc2scc(C=O)c12.Cc1cccc2scc(CC3C(=O)N=C4C=CC=CN43)c12.Cc1cccc2scc(CC3C(=S)N=C4C=CC=CN43)c12.Cc1cccc2scc(Cc3c(SCCCC(=O)O)nc4ccccn34)c12.O=C1CN2C=CC=CC2=N1. The van der Waals surface area contributed by atoms with Crippen LogP contribution in [0.5, 0.6) is 0 Å². The number of carboxylic acid groups (broad SMARTS) is 1. The van der Waals surface area contributed by atoms with Gasteiger partial charge in [-0.2, -0.15) is 15.0 Å². The number of imidazole rings is 2. The number of methoxy groups -OCH3 is 2. The minimum absolute atomic E-state index is 0. The molecule has 22 nitrogen and oxygen atoms in total. The van der Waals surface area contributed by atoms with Gasteiger partial charge in [-0.15, -0.1) is 109 Å². The molecule has 33 heteroatoms. The highest BCUT2D eigenvalue weighted by Crippen LogP contribution is 2.41. The lowest BCUT2D eigenvalue weighted by Crippen LogP contribution is -2.35. The third kappa shape index (κ3) is 26.3. The van der Waals surface area contributed by atoms with Crippen molar-refractivity contribution in [3.05, 3.63) is 372 Å². The summed E-state index contributed by atoms with van der Waals surface area (Å²) in [6, 6.07) is 50.2. The maximum Gasteiger partial charge on any atom is 0.305 e. The molecule has 0 bridgehead atoms. The highest BCUT2D eigenvalue weighted by Gasteiger charge is 2.36. The summed E-state index contributed by atoms with van der Waals surface area (Å²) in [6.07, 6.45) is 44.5. The second-order valence-corrected chi connectivity index (χ2v) is 44.1. The molecule has 6 aromatic carbocycles. The number of amidine groups is 4. The maximum absolute atomic E-state index is 12.2. The molecule has 10 aromatic heterocycles. The fraction of sp³-hybridized carbons (Fsp3) is 0.214. The highest BCUT2D eigenvalue weighted by atomic mass is 79.9. The number of thioether (sulfide) groups is 2. The number of hydrogen-bond acceptors (Lipinski definition) is 24. The zero-order chi connectivity index (χ0) is 103. The number of aliphatic carboxylic acids is 1. The van der Waals surface area contributed by atoms with Gasteiger partial charge in [0.05, 0.1) is 31.6 Å². The normalized spacial score (nSPS) is 15.2. The Kier molecular flexibility index (Phi) is 38.9. The molecule has 0 saturated carbocycles. The predicted molar refractivity (Wildman–Crippen MR) is 638 cm³/mol. The summed E-state index contributed by atoms with van der Waals surface area (Å²) in [4.78, 5) is 113. The van der Waals surface area contributed by atoms with Crippen LogP contribution in [0.4, 0.5) is 0 Å². The maximum atomic E-state index is 12.2. The standard InChI is InChI=1S/C22H22N2O2S2.C21H20N2O2S2.C17H14N2OS.C17H12N2OS.C17H14N2S2.C10H8OS.C7H6N2O.C5H9BrO2.CH4.BrH/c1-15-7-5-8-18-21(15)16(14-28-18)13-17-22(27-12-6-10-20(25)26-2)23-19-9-3-4-11-24(17)19;1-14-6-4-7-17-20(14)15(13-27-17)12-16-21(26-11-5-9-19(24)25)22-18-8-2-3-10-23(16)18;3*1-11-5-4-6-14-16(11)12(10-21-14)9-13-17(20)18-15-7-2-3-8-19(13)15;1-7-3-2-4-9-10(7)8(5-11)6-12-9;10-7-5-9-4-2-1-3-6(9)8-7;1-8-5(7)3-2-4-6;;/h3-5,7-9,11,14H,6,10,12-13H2,1-2H3;2-4,6-8,10,13H,5,9,11-12H2,1H3,(H,24,25);2-8,10,13H,9H2,1H3;2-10H,1H3;2-8,10,13H,9H2,1H3;2-6H,1H3;1-4H,5H2;2-4H2,1H3;1H4;1H. The first-order valence-corrected chi connectivity index (χ1v) is 56.8. The van der Waals surface area contributed by atoms with Gasteiger partial charge in [-0.1, -0.05) is 145 Å². The number of fused-ring (bicyclic) bond motifs is 12. The van der Waals surface area contributed by atoms with Crippen molar-refractivity contribution in [1.82, 2.24) is 38.4 Å². The summed E-state index contributed by atoms with van der Waals surface area (Å²) in [5.41, 5.74) is 19.7.